The number of hydrogen-bond donors (Lipinski definition) is 0. The summed E-state index contributed by atoms with van der Waals surface area (Å²) in [6.07, 6.45) is 16.1. The lowest BCUT2D eigenvalue weighted by Crippen LogP contribution is -2.32. The molecule has 0 aromatic heterocycles. The number of allylic oxidation sites excluding steroid dienone is 8. The summed E-state index contributed by atoms with van der Waals surface area (Å²) in [7, 11) is 0. The Hall–Kier alpha value is -2.08. The molecule has 0 spiro atoms. The molecule has 1 aromatic rings. The summed E-state index contributed by atoms with van der Waals surface area (Å²) in [5.41, 5.74) is 4.53. The van der Waals surface area contributed by atoms with Crippen molar-refractivity contribution in [3.63, 3.8) is 0 Å². The fourth-order valence-electron chi connectivity index (χ4n) is 4.21. The van der Waals surface area contributed by atoms with E-state index in [0.29, 0.717) is 11.8 Å². The van der Waals surface area contributed by atoms with E-state index in [1.54, 1.807) is 5.57 Å². The number of rotatable bonds is 2. The van der Waals surface area contributed by atoms with Crippen LogP contribution in [0.4, 0.5) is 0 Å². The van der Waals surface area contributed by atoms with E-state index in [-0.39, 0.29) is 5.41 Å². The van der Waals surface area contributed by atoms with Gasteiger partial charge in [0.05, 0.1) is 0 Å². The lowest BCUT2D eigenvalue weighted by molar-refractivity contribution is 0.407. The standard InChI is InChI=1S/C22H22/c1-15-12-13-16(14-15)22(2,3)21-19-10-6-4-8-17(19)18-9-5-7-11-20(18)21/h4-14,16,19H,1-3H3. The van der Waals surface area contributed by atoms with E-state index < -0.39 is 0 Å². The molecule has 0 saturated carbocycles. The molecule has 110 valence electrons. The van der Waals surface area contributed by atoms with Crippen molar-refractivity contribution in [1.29, 1.82) is 0 Å². The van der Waals surface area contributed by atoms with Crippen LogP contribution in [0.1, 0.15) is 20.8 Å². The third kappa shape index (κ3) is 1.83. The molecule has 1 aromatic carbocycles. The number of benzene rings is 1. The van der Waals surface area contributed by atoms with Gasteiger partial charge in [0.2, 0.25) is 0 Å². The second-order valence-electron chi connectivity index (χ2n) is 7.15. The Kier molecular flexibility index (Phi) is 2.91. The first-order chi connectivity index (χ1) is 10.6. The van der Waals surface area contributed by atoms with Gasteiger partial charge in [-0.3, -0.25) is 0 Å². The molecule has 0 heteroatoms. The highest BCUT2D eigenvalue weighted by Gasteiger charge is 2.38. The molecule has 0 fully saturated rings. The Morgan fingerprint density at radius 3 is 2.41 bits per heavy atom. The van der Waals surface area contributed by atoms with Crippen LogP contribution >= 0.6 is 0 Å². The zero-order chi connectivity index (χ0) is 15.3. The summed E-state index contributed by atoms with van der Waals surface area (Å²) in [5, 5.41) is 2.86. The number of hydrogen-bond acceptors (Lipinski definition) is 0. The normalized spacial score (nSPS) is 25.5. The van der Waals surface area contributed by atoms with Crippen LogP contribution in [0.5, 0.6) is 0 Å². The molecule has 3 aliphatic rings. The summed E-state index contributed by atoms with van der Waals surface area (Å²) in [6, 6.07) is 8.90. The molecule has 0 bridgehead atoms. The highest BCUT2D eigenvalue weighted by Crippen LogP contribution is 2.47. The first-order valence-corrected chi connectivity index (χ1v) is 8.14. The van der Waals surface area contributed by atoms with E-state index in [2.05, 4.69) is 87.6 Å². The van der Waals surface area contributed by atoms with Crippen LogP contribution in [0.15, 0.2) is 72.4 Å². The van der Waals surface area contributed by atoms with Gasteiger partial charge in [-0.2, -0.15) is 0 Å². The minimum atomic E-state index is 0.117. The molecule has 0 nitrogen and oxygen atoms in total. The maximum absolute atomic E-state index is 2.41. The van der Waals surface area contributed by atoms with E-state index in [1.165, 1.54) is 21.6 Å². The van der Waals surface area contributed by atoms with Gasteiger partial charge in [0.1, 0.15) is 0 Å². The summed E-state index contributed by atoms with van der Waals surface area (Å²) < 4.78 is 0. The van der Waals surface area contributed by atoms with Crippen molar-refractivity contribution in [2.75, 3.05) is 0 Å². The average molecular weight is 286 g/mol. The molecule has 0 aliphatic heterocycles. The Morgan fingerprint density at radius 1 is 0.909 bits per heavy atom. The van der Waals surface area contributed by atoms with Gasteiger partial charge in [-0.05, 0) is 33.9 Å². The van der Waals surface area contributed by atoms with Crippen molar-refractivity contribution in [3.8, 4) is 0 Å². The highest BCUT2D eigenvalue weighted by atomic mass is 14.4. The van der Waals surface area contributed by atoms with E-state index >= 15 is 0 Å². The molecular formula is C22H22. The molecule has 2 atom stereocenters. The molecule has 4 rings (SSSR count). The fraction of sp³-hybridized carbons (Fsp3) is 0.273. The van der Waals surface area contributed by atoms with Crippen LogP contribution in [0.25, 0.3) is 11.1 Å². The van der Waals surface area contributed by atoms with E-state index in [4.69, 9.17) is 0 Å². The Balaban J connectivity index is 1.98. The molecule has 3 aliphatic carbocycles. The highest BCUT2D eigenvalue weighted by molar-refractivity contribution is 5.82. The summed E-state index contributed by atoms with van der Waals surface area (Å²) >= 11 is 0. The van der Waals surface area contributed by atoms with Crippen molar-refractivity contribution >= 4 is 11.1 Å². The fourth-order valence-corrected chi connectivity index (χ4v) is 4.21. The first kappa shape index (κ1) is 13.6. The second-order valence-corrected chi connectivity index (χ2v) is 7.15. The lowest BCUT2D eigenvalue weighted by Gasteiger charge is -2.35. The van der Waals surface area contributed by atoms with Gasteiger partial charge in [0, 0.05) is 11.8 Å². The lowest BCUT2D eigenvalue weighted by atomic mass is 9.68. The Labute approximate surface area is 132 Å². The maximum Gasteiger partial charge on any atom is 0.0252 e. The number of fused-ring (bicyclic) bond motifs is 2. The van der Waals surface area contributed by atoms with Gasteiger partial charge in [-0.1, -0.05) is 86.2 Å². The minimum absolute atomic E-state index is 0.117. The van der Waals surface area contributed by atoms with E-state index in [9.17, 15) is 0 Å². The van der Waals surface area contributed by atoms with Crippen LogP contribution < -0.4 is 10.4 Å². The smallest absolute Gasteiger partial charge is 0.0252 e. The quantitative estimate of drug-likeness (QED) is 0.773. The zero-order valence-corrected chi connectivity index (χ0v) is 13.5. The van der Waals surface area contributed by atoms with Crippen molar-refractivity contribution in [1.82, 2.24) is 0 Å². The summed E-state index contributed by atoms with van der Waals surface area (Å²) in [4.78, 5) is 0. The van der Waals surface area contributed by atoms with Crippen molar-refractivity contribution in [3.05, 3.63) is 82.8 Å². The van der Waals surface area contributed by atoms with Gasteiger partial charge in [0.25, 0.3) is 0 Å². The van der Waals surface area contributed by atoms with Crippen LogP contribution in [0.2, 0.25) is 0 Å². The largest absolute Gasteiger partial charge is 0.0765 e. The van der Waals surface area contributed by atoms with Crippen LogP contribution in [-0.4, -0.2) is 0 Å². The summed E-state index contributed by atoms with van der Waals surface area (Å²) in [5.74, 6) is 0.911. The molecular weight excluding hydrogens is 264 g/mol. The monoisotopic (exact) mass is 286 g/mol. The van der Waals surface area contributed by atoms with Gasteiger partial charge in [-0.25, -0.2) is 0 Å². The third-order valence-corrected chi connectivity index (χ3v) is 5.40. The maximum atomic E-state index is 2.41. The van der Waals surface area contributed by atoms with Gasteiger partial charge >= 0.3 is 0 Å². The molecule has 0 amide bonds. The zero-order valence-electron chi connectivity index (χ0n) is 13.5. The topological polar surface area (TPSA) is 0 Å². The van der Waals surface area contributed by atoms with Crippen molar-refractivity contribution < 1.29 is 0 Å². The van der Waals surface area contributed by atoms with E-state index in [0.717, 1.165) is 0 Å². The minimum Gasteiger partial charge on any atom is -0.0765 e. The van der Waals surface area contributed by atoms with Crippen molar-refractivity contribution in [2.24, 2.45) is 17.3 Å². The van der Waals surface area contributed by atoms with Crippen LogP contribution in [0.3, 0.4) is 0 Å². The molecule has 0 saturated heterocycles. The van der Waals surface area contributed by atoms with Crippen LogP contribution in [-0.2, 0) is 0 Å². The molecule has 22 heavy (non-hydrogen) atoms. The Morgan fingerprint density at radius 2 is 1.68 bits per heavy atom. The molecule has 2 unspecified atom stereocenters. The van der Waals surface area contributed by atoms with Crippen molar-refractivity contribution in [2.45, 2.75) is 20.8 Å². The first-order valence-electron chi connectivity index (χ1n) is 8.14. The van der Waals surface area contributed by atoms with Gasteiger partial charge < -0.3 is 0 Å². The molecule has 0 heterocycles. The van der Waals surface area contributed by atoms with Gasteiger partial charge in [-0.15, -0.1) is 0 Å². The second kappa shape index (κ2) is 4.71. The predicted octanol–water partition coefficient (Wildman–Crippen LogP) is 3.90. The SMILES string of the molecule is CC1=CC(C(C)(C)C2=c3ccccc3=C3C=CC=CC32)C=C1. The third-order valence-electron chi connectivity index (χ3n) is 5.40. The average Bonchev–Trinajstić information content (AvgIpc) is 3.09. The predicted molar refractivity (Wildman–Crippen MR) is 94.4 cm³/mol. The molecule has 0 N–H and O–H groups in total. The van der Waals surface area contributed by atoms with E-state index in [1.807, 2.05) is 0 Å². The summed E-state index contributed by atoms with van der Waals surface area (Å²) in [6.45, 7) is 7.00. The molecule has 0 radical (unpaired) electrons. The Bertz CT molecular complexity index is 869. The van der Waals surface area contributed by atoms with Crippen LogP contribution in [0, 0.1) is 17.3 Å². The van der Waals surface area contributed by atoms with Gasteiger partial charge in [0.15, 0.2) is 0 Å².